The zero-order chi connectivity index (χ0) is 18.7. The van der Waals surface area contributed by atoms with E-state index in [-0.39, 0.29) is 6.42 Å². The number of aryl methyl sites for hydroxylation is 2. The van der Waals surface area contributed by atoms with Crippen molar-refractivity contribution in [3.05, 3.63) is 71.2 Å². The van der Waals surface area contributed by atoms with Crippen molar-refractivity contribution >= 4 is 17.5 Å². The fourth-order valence-corrected chi connectivity index (χ4v) is 2.96. The van der Waals surface area contributed by atoms with Crippen LogP contribution in [-0.4, -0.2) is 32.4 Å². The Hall–Kier alpha value is -3.15. The summed E-state index contributed by atoms with van der Waals surface area (Å²) in [5.41, 5.74) is 3.62. The van der Waals surface area contributed by atoms with Gasteiger partial charge in [-0.25, -0.2) is 9.78 Å². The molecule has 0 aliphatic rings. The molecule has 0 aliphatic carbocycles. The number of nitrogens with zero attached hydrogens (tertiary/aromatic N) is 2. The van der Waals surface area contributed by atoms with Gasteiger partial charge in [-0.05, 0) is 36.6 Å². The van der Waals surface area contributed by atoms with E-state index < -0.39 is 17.9 Å². The Morgan fingerprint density at radius 3 is 2.62 bits per heavy atom. The van der Waals surface area contributed by atoms with E-state index in [1.807, 2.05) is 56.3 Å². The number of nitrogens with one attached hydrogen (secondary N) is 1. The number of carbonyl (C=O) groups is 2. The molecule has 1 unspecified atom stereocenters. The van der Waals surface area contributed by atoms with Crippen molar-refractivity contribution in [3.8, 4) is 0 Å². The monoisotopic (exact) mass is 351 g/mol. The van der Waals surface area contributed by atoms with E-state index in [1.165, 1.54) is 0 Å². The highest BCUT2D eigenvalue weighted by Gasteiger charge is 2.25. The topological polar surface area (TPSA) is 83.7 Å². The third-order valence-corrected chi connectivity index (χ3v) is 4.29. The van der Waals surface area contributed by atoms with Crippen LogP contribution in [0.3, 0.4) is 0 Å². The Morgan fingerprint density at radius 1 is 1.23 bits per heavy atom. The summed E-state index contributed by atoms with van der Waals surface area (Å²) in [7, 11) is 0. The van der Waals surface area contributed by atoms with E-state index in [1.54, 1.807) is 10.6 Å². The lowest BCUT2D eigenvalue weighted by Crippen LogP contribution is -2.43. The molecule has 3 rings (SSSR count). The highest BCUT2D eigenvalue weighted by molar-refractivity contribution is 5.97. The Balaban J connectivity index is 1.90. The van der Waals surface area contributed by atoms with Gasteiger partial charge in [0.2, 0.25) is 0 Å². The van der Waals surface area contributed by atoms with Crippen LogP contribution in [0.1, 0.15) is 34.2 Å². The van der Waals surface area contributed by atoms with Gasteiger partial charge < -0.3 is 10.4 Å². The highest BCUT2D eigenvalue weighted by atomic mass is 16.4. The first-order valence-corrected chi connectivity index (χ1v) is 8.54. The Morgan fingerprint density at radius 2 is 1.96 bits per heavy atom. The maximum absolute atomic E-state index is 12.9. The smallest absolute Gasteiger partial charge is 0.326 e. The number of carboxylic acids is 1. The lowest BCUT2D eigenvalue weighted by Gasteiger charge is -2.15. The van der Waals surface area contributed by atoms with Crippen LogP contribution in [0.25, 0.3) is 5.65 Å². The van der Waals surface area contributed by atoms with Gasteiger partial charge in [0.25, 0.3) is 5.91 Å². The lowest BCUT2D eigenvalue weighted by atomic mass is 10.1. The summed E-state index contributed by atoms with van der Waals surface area (Å²) in [5.74, 6) is -1.49. The van der Waals surface area contributed by atoms with Crippen molar-refractivity contribution in [3.63, 3.8) is 0 Å². The zero-order valence-electron chi connectivity index (χ0n) is 14.8. The molecule has 0 saturated carbocycles. The number of fused-ring (bicyclic) bond motifs is 1. The summed E-state index contributed by atoms with van der Waals surface area (Å²) in [4.78, 5) is 29.0. The van der Waals surface area contributed by atoms with Gasteiger partial charge in [0.05, 0.1) is 5.69 Å². The maximum Gasteiger partial charge on any atom is 0.326 e. The van der Waals surface area contributed by atoms with Crippen LogP contribution in [0.15, 0.2) is 48.7 Å². The average molecular weight is 351 g/mol. The molecule has 134 valence electrons. The summed E-state index contributed by atoms with van der Waals surface area (Å²) >= 11 is 0. The molecule has 2 heterocycles. The molecule has 1 amide bonds. The molecule has 26 heavy (non-hydrogen) atoms. The van der Waals surface area contributed by atoms with Crippen molar-refractivity contribution < 1.29 is 14.7 Å². The molecule has 3 aromatic rings. The second-order valence-electron chi connectivity index (χ2n) is 6.25. The number of hydrogen-bond donors (Lipinski definition) is 2. The van der Waals surface area contributed by atoms with Gasteiger partial charge in [0, 0.05) is 12.6 Å². The first-order chi connectivity index (χ1) is 12.5. The number of benzene rings is 1. The summed E-state index contributed by atoms with van der Waals surface area (Å²) in [5, 5.41) is 12.2. The van der Waals surface area contributed by atoms with Gasteiger partial charge in [-0.1, -0.05) is 37.3 Å². The van der Waals surface area contributed by atoms with Crippen LogP contribution in [0.4, 0.5) is 0 Å². The zero-order valence-corrected chi connectivity index (χ0v) is 14.8. The third-order valence-electron chi connectivity index (χ3n) is 4.29. The summed E-state index contributed by atoms with van der Waals surface area (Å²) in [6.45, 7) is 3.88. The molecule has 0 bridgehead atoms. The molecule has 6 nitrogen and oxygen atoms in total. The number of pyridine rings is 1. The maximum atomic E-state index is 12.9. The Labute approximate surface area is 151 Å². The third kappa shape index (κ3) is 3.59. The van der Waals surface area contributed by atoms with Gasteiger partial charge in [-0.2, -0.15) is 0 Å². The molecule has 2 N–H and O–H groups in total. The predicted molar refractivity (Wildman–Crippen MR) is 98.3 cm³/mol. The van der Waals surface area contributed by atoms with E-state index in [0.29, 0.717) is 23.5 Å². The Kier molecular flexibility index (Phi) is 5.02. The van der Waals surface area contributed by atoms with Crippen LogP contribution >= 0.6 is 0 Å². The van der Waals surface area contributed by atoms with Crippen LogP contribution in [0.2, 0.25) is 0 Å². The molecule has 6 heteroatoms. The number of imidazole rings is 1. The minimum Gasteiger partial charge on any atom is -0.480 e. The molecule has 2 aromatic heterocycles. The minimum absolute atomic E-state index is 0.221. The number of carbonyl (C=O) groups excluding carboxylic acids is 1. The highest BCUT2D eigenvalue weighted by Crippen LogP contribution is 2.15. The molecular formula is C20H21N3O3. The first-order valence-electron chi connectivity index (χ1n) is 8.54. The molecule has 1 aromatic carbocycles. The molecule has 0 spiro atoms. The van der Waals surface area contributed by atoms with Crippen molar-refractivity contribution in [1.29, 1.82) is 0 Å². The first kappa shape index (κ1) is 17.7. The van der Waals surface area contributed by atoms with Crippen LogP contribution < -0.4 is 5.32 Å². The quantitative estimate of drug-likeness (QED) is 0.715. The van der Waals surface area contributed by atoms with Crippen molar-refractivity contribution in [2.45, 2.75) is 32.7 Å². The van der Waals surface area contributed by atoms with E-state index in [2.05, 4.69) is 10.3 Å². The lowest BCUT2D eigenvalue weighted by molar-refractivity contribution is -0.139. The standard InChI is InChI=1S/C20H21N3O3/c1-3-15-18(23-10-9-13(2)11-17(23)21-15)19(24)22-16(20(25)26)12-14-7-5-4-6-8-14/h4-11,16H,3,12H2,1-2H3,(H,22,24)(H,25,26). The molecular weight excluding hydrogens is 330 g/mol. The second kappa shape index (κ2) is 7.39. The fraction of sp³-hybridized carbons (Fsp3) is 0.250. The number of amides is 1. The van der Waals surface area contributed by atoms with E-state index in [0.717, 1.165) is 11.1 Å². The second-order valence-corrected chi connectivity index (χ2v) is 6.25. The number of aromatic nitrogens is 2. The molecule has 0 saturated heterocycles. The largest absolute Gasteiger partial charge is 0.480 e. The van der Waals surface area contributed by atoms with Gasteiger partial charge in [0.1, 0.15) is 17.4 Å². The SMILES string of the molecule is CCc1nc2cc(C)ccn2c1C(=O)NC(Cc1ccccc1)C(=O)O. The van der Waals surface area contributed by atoms with Crippen LogP contribution in [0, 0.1) is 6.92 Å². The van der Waals surface area contributed by atoms with Crippen molar-refractivity contribution in [2.75, 3.05) is 0 Å². The van der Waals surface area contributed by atoms with Gasteiger partial charge in [0.15, 0.2) is 0 Å². The number of rotatable bonds is 6. The fourth-order valence-electron chi connectivity index (χ4n) is 2.96. The van der Waals surface area contributed by atoms with Gasteiger partial charge >= 0.3 is 5.97 Å². The molecule has 0 radical (unpaired) electrons. The minimum atomic E-state index is -1.06. The molecule has 0 fully saturated rings. The van der Waals surface area contributed by atoms with E-state index >= 15 is 0 Å². The average Bonchev–Trinajstić information content (AvgIpc) is 2.99. The van der Waals surface area contributed by atoms with E-state index in [4.69, 9.17) is 0 Å². The predicted octanol–water partition coefficient (Wildman–Crippen LogP) is 2.63. The number of aliphatic carboxylic acids is 1. The summed E-state index contributed by atoms with van der Waals surface area (Å²) < 4.78 is 1.71. The van der Waals surface area contributed by atoms with Gasteiger partial charge in [-0.3, -0.25) is 9.20 Å². The number of carboxylic acid groups (broad SMARTS) is 1. The normalized spacial score (nSPS) is 12.1. The van der Waals surface area contributed by atoms with Crippen LogP contribution in [-0.2, 0) is 17.6 Å². The molecule has 1 atom stereocenters. The van der Waals surface area contributed by atoms with Crippen molar-refractivity contribution in [2.24, 2.45) is 0 Å². The Bertz CT molecular complexity index is 948. The van der Waals surface area contributed by atoms with Gasteiger partial charge in [-0.15, -0.1) is 0 Å². The summed E-state index contributed by atoms with van der Waals surface area (Å²) in [6.07, 6.45) is 2.60. The molecule has 0 aliphatic heterocycles. The number of hydrogen-bond acceptors (Lipinski definition) is 3. The summed E-state index contributed by atoms with van der Waals surface area (Å²) in [6, 6.07) is 12.0. The van der Waals surface area contributed by atoms with Crippen LogP contribution in [0.5, 0.6) is 0 Å². The van der Waals surface area contributed by atoms with E-state index in [9.17, 15) is 14.7 Å². The van der Waals surface area contributed by atoms with Crippen molar-refractivity contribution in [1.82, 2.24) is 14.7 Å².